The Kier molecular flexibility index (Phi) is 6.13. The molecule has 1 aromatic carbocycles. The molecule has 1 N–H and O–H groups in total. The van der Waals surface area contributed by atoms with Gasteiger partial charge in [0.05, 0.1) is 12.2 Å². The molecule has 4 rings (SSSR count). The first-order chi connectivity index (χ1) is 12.3. The predicted molar refractivity (Wildman–Crippen MR) is 116 cm³/mol. The highest BCUT2D eigenvalue weighted by Gasteiger charge is 2.25. The molecule has 6 heteroatoms. The van der Waals surface area contributed by atoms with E-state index in [0.29, 0.717) is 12.5 Å². The van der Waals surface area contributed by atoms with Gasteiger partial charge in [-0.1, -0.05) is 36.4 Å². The molecule has 0 amide bonds. The minimum atomic E-state index is 0. The Hall–Kier alpha value is -2.09. The second-order valence-electron chi connectivity index (χ2n) is 6.44. The number of aromatic nitrogens is 2. The van der Waals surface area contributed by atoms with E-state index in [9.17, 15) is 0 Å². The number of hydrogen-bond acceptors (Lipinski definition) is 2. The van der Waals surface area contributed by atoms with Crippen LogP contribution in [0.15, 0.2) is 65.9 Å². The standard InChI is InChI=1S/C20H23N5.HI/c1-21-20(22-13-18-15-24-11-6-5-9-19(24)23-18)25-12-10-17(14-25)16-7-3-2-4-8-16;/h2-9,11,15,17H,10,12-14H2,1H3,(H,21,22);1H. The molecule has 0 aliphatic carbocycles. The van der Waals surface area contributed by atoms with Crippen molar-refractivity contribution in [2.45, 2.75) is 18.9 Å². The van der Waals surface area contributed by atoms with Crippen LogP contribution in [0.5, 0.6) is 0 Å². The third-order valence-corrected chi connectivity index (χ3v) is 4.81. The number of fused-ring (bicyclic) bond motifs is 1. The quantitative estimate of drug-likeness (QED) is 0.369. The van der Waals surface area contributed by atoms with E-state index in [-0.39, 0.29) is 24.0 Å². The molecule has 1 fully saturated rings. The van der Waals surface area contributed by atoms with Gasteiger partial charge in [-0.25, -0.2) is 4.98 Å². The molecule has 3 aromatic rings. The summed E-state index contributed by atoms with van der Waals surface area (Å²) in [4.78, 5) is 11.4. The van der Waals surface area contributed by atoms with E-state index in [2.05, 4.69) is 56.7 Å². The summed E-state index contributed by atoms with van der Waals surface area (Å²) in [6.45, 7) is 2.72. The van der Waals surface area contributed by atoms with Gasteiger partial charge in [0.1, 0.15) is 5.65 Å². The highest BCUT2D eigenvalue weighted by molar-refractivity contribution is 14.0. The van der Waals surface area contributed by atoms with Crippen LogP contribution in [0.1, 0.15) is 23.6 Å². The molecule has 26 heavy (non-hydrogen) atoms. The summed E-state index contributed by atoms with van der Waals surface area (Å²) in [5.74, 6) is 1.53. The molecular formula is C20H24IN5. The van der Waals surface area contributed by atoms with Crippen LogP contribution < -0.4 is 5.32 Å². The van der Waals surface area contributed by atoms with Crippen molar-refractivity contribution in [1.82, 2.24) is 19.6 Å². The van der Waals surface area contributed by atoms with Crippen LogP contribution in [0.25, 0.3) is 5.65 Å². The minimum absolute atomic E-state index is 0. The first-order valence-corrected chi connectivity index (χ1v) is 8.76. The molecule has 0 spiro atoms. The largest absolute Gasteiger partial charge is 0.351 e. The van der Waals surface area contributed by atoms with Gasteiger partial charge in [0.15, 0.2) is 5.96 Å². The van der Waals surface area contributed by atoms with Gasteiger partial charge < -0.3 is 14.6 Å². The van der Waals surface area contributed by atoms with E-state index in [1.54, 1.807) is 0 Å². The van der Waals surface area contributed by atoms with Crippen LogP contribution in [0, 0.1) is 0 Å². The Morgan fingerprint density at radius 2 is 2.00 bits per heavy atom. The van der Waals surface area contributed by atoms with Crippen LogP contribution >= 0.6 is 24.0 Å². The van der Waals surface area contributed by atoms with E-state index < -0.39 is 0 Å². The Morgan fingerprint density at radius 3 is 2.77 bits per heavy atom. The number of nitrogens with zero attached hydrogens (tertiary/aromatic N) is 4. The van der Waals surface area contributed by atoms with Crippen molar-refractivity contribution in [2.24, 2.45) is 4.99 Å². The maximum absolute atomic E-state index is 4.64. The number of benzene rings is 1. The number of pyridine rings is 1. The molecule has 1 aliphatic rings. The van der Waals surface area contributed by atoms with Gasteiger partial charge in [0.25, 0.3) is 0 Å². The minimum Gasteiger partial charge on any atom is -0.351 e. The Labute approximate surface area is 171 Å². The first-order valence-electron chi connectivity index (χ1n) is 8.76. The number of rotatable bonds is 3. The van der Waals surface area contributed by atoms with Crippen LogP contribution in [-0.4, -0.2) is 40.4 Å². The van der Waals surface area contributed by atoms with Gasteiger partial charge in [-0.05, 0) is 24.1 Å². The summed E-state index contributed by atoms with van der Waals surface area (Å²) in [7, 11) is 1.85. The van der Waals surface area contributed by atoms with Gasteiger partial charge in [0.2, 0.25) is 0 Å². The molecular weight excluding hydrogens is 437 g/mol. The maximum Gasteiger partial charge on any atom is 0.193 e. The smallest absolute Gasteiger partial charge is 0.193 e. The predicted octanol–water partition coefficient (Wildman–Crippen LogP) is 3.52. The Balaban J connectivity index is 0.00000196. The van der Waals surface area contributed by atoms with Crippen molar-refractivity contribution in [3.8, 4) is 0 Å². The Morgan fingerprint density at radius 1 is 1.19 bits per heavy atom. The fourth-order valence-corrected chi connectivity index (χ4v) is 3.52. The first kappa shape index (κ1) is 18.7. The average molecular weight is 461 g/mol. The summed E-state index contributed by atoms with van der Waals surface area (Å²) in [5.41, 5.74) is 3.41. The zero-order chi connectivity index (χ0) is 17.1. The van der Waals surface area contributed by atoms with Crippen LogP contribution in [-0.2, 0) is 6.54 Å². The van der Waals surface area contributed by atoms with Gasteiger partial charge in [-0.15, -0.1) is 24.0 Å². The lowest BCUT2D eigenvalue weighted by Gasteiger charge is -2.21. The van der Waals surface area contributed by atoms with Gasteiger partial charge in [-0.3, -0.25) is 4.99 Å². The maximum atomic E-state index is 4.64. The molecule has 1 atom stereocenters. The number of aliphatic imine (C=N–C) groups is 1. The molecule has 1 unspecified atom stereocenters. The van der Waals surface area contributed by atoms with Crippen molar-refractivity contribution >= 4 is 35.6 Å². The molecule has 136 valence electrons. The molecule has 1 saturated heterocycles. The zero-order valence-corrected chi connectivity index (χ0v) is 17.2. The van der Waals surface area contributed by atoms with Gasteiger partial charge in [0, 0.05) is 38.4 Å². The van der Waals surface area contributed by atoms with E-state index in [4.69, 9.17) is 0 Å². The highest BCUT2D eigenvalue weighted by atomic mass is 127. The SMILES string of the molecule is CN=C(NCc1cn2ccccc2n1)N1CCC(c2ccccc2)C1.I. The van der Waals surface area contributed by atoms with Crippen molar-refractivity contribution < 1.29 is 0 Å². The molecule has 3 heterocycles. The summed E-state index contributed by atoms with van der Waals surface area (Å²) >= 11 is 0. The van der Waals surface area contributed by atoms with Crippen LogP contribution in [0.2, 0.25) is 0 Å². The van der Waals surface area contributed by atoms with Gasteiger partial charge in [-0.2, -0.15) is 0 Å². The monoisotopic (exact) mass is 461 g/mol. The van der Waals surface area contributed by atoms with E-state index in [0.717, 1.165) is 30.4 Å². The third kappa shape index (κ3) is 4.00. The topological polar surface area (TPSA) is 44.9 Å². The fraction of sp³-hybridized carbons (Fsp3) is 0.300. The van der Waals surface area contributed by atoms with E-state index >= 15 is 0 Å². The van der Waals surface area contributed by atoms with Crippen molar-refractivity contribution in [3.63, 3.8) is 0 Å². The number of imidazole rings is 1. The number of halogens is 1. The molecule has 0 radical (unpaired) electrons. The highest BCUT2D eigenvalue weighted by Crippen LogP contribution is 2.26. The summed E-state index contributed by atoms with van der Waals surface area (Å²) < 4.78 is 2.04. The second kappa shape index (κ2) is 8.53. The van der Waals surface area contributed by atoms with Crippen LogP contribution in [0.4, 0.5) is 0 Å². The van der Waals surface area contributed by atoms with Gasteiger partial charge >= 0.3 is 0 Å². The lowest BCUT2D eigenvalue weighted by atomic mass is 9.99. The lowest BCUT2D eigenvalue weighted by molar-refractivity contribution is 0.485. The lowest BCUT2D eigenvalue weighted by Crippen LogP contribution is -2.39. The molecule has 1 aliphatic heterocycles. The number of hydrogen-bond donors (Lipinski definition) is 1. The van der Waals surface area contributed by atoms with Crippen molar-refractivity contribution in [1.29, 1.82) is 0 Å². The Bertz CT molecular complexity index is 841. The molecule has 0 saturated carbocycles. The zero-order valence-electron chi connectivity index (χ0n) is 14.9. The van der Waals surface area contributed by atoms with Crippen molar-refractivity contribution in [3.05, 3.63) is 72.2 Å². The summed E-state index contributed by atoms with van der Waals surface area (Å²) in [6, 6.07) is 16.8. The molecule has 0 bridgehead atoms. The fourth-order valence-electron chi connectivity index (χ4n) is 3.52. The normalized spacial score (nSPS) is 17.3. The summed E-state index contributed by atoms with van der Waals surface area (Å²) in [5, 5.41) is 3.46. The molecule has 5 nitrogen and oxygen atoms in total. The number of nitrogens with one attached hydrogen (secondary N) is 1. The third-order valence-electron chi connectivity index (χ3n) is 4.81. The summed E-state index contributed by atoms with van der Waals surface area (Å²) in [6.07, 6.45) is 5.25. The average Bonchev–Trinajstić information content (AvgIpc) is 3.30. The van der Waals surface area contributed by atoms with Crippen molar-refractivity contribution in [2.75, 3.05) is 20.1 Å². The molecule has 2 aromatic heterocycles. The number of likely N-dealkylation sites (tertiary alicyclic amines) is 1. The van der Waals surface area contributed by atoms with E-state index in [1.165, 1.54) is 12.0 Å². The number of guanidine groups is 1. The van der Waals surface area contributed by atoms with Crippen LogP contribution in [0.3, 0.4) is 0 Å². The van der Waals surface area contributed by atoms with E-state index in [1.807, 2.05) is 35.8 Å². The second-order valence-corrected chi connectivity index (χ2v) is 6.44.